The molecule has 5 nitrogen and oxygen atoms in total. The summed E-state index contributed by atoms with van der Waals surface area (Å²) >= 11 is 3.09. The molecule has 0 aliphatic rings. The molecule has 132 valence electrons. The number of amides is 2. The van der Waals surface area contributed by atoms with Crippen LogP contribution < -0.4 is 10.6 Å². The molecule has 2 amide bonds. The first-order chi connectivity index (χ1) is 11.6. The molecular formula is C16H12BrF3N2O3. The third-order valence-electron chi connectivity index (χ3n) is 2.90. The summed E-state index contributed by atoms with van der Waals surface area (Å²) in [6.07, 6.45) is -2.33. The first-order valence-corrected chi connectivity index (χ1v) is 7.67. The first kappa shape index (κ1) is 18.8. The SMILES string of the molecule is CC(=O)Nc1ccc(NC(=O)/C=C/c2ccc(Br)o2)c(C(F)(F)F)c1. The first-order valence-electron chi connectivity index (χ1n) is 6.88. The summed E-state index contributed by atoms with van der Waals surface area (Å²) in [5.74, 6) is -0.901. The molecule has 0 saturated carbocycles. The van der Waals surface area contributed by atoms with E-state index in [-0.39, 0.29) is 5.69 Å². The number of furan rings is 1. The standard InChI is InChI=1S/C16H12BrF3N2O3/c1-9(23)21-10-2-5-13(12(8-10)16(18,19)20)22-15(24)7-4-11-3-6-14(17)25-11/h2-8H,1H3,(H,21,23)(H,22,24)/b7-4+. The highest BCUT2D eigenvalue weighted by Crippen LogP contribution is 2.36. The lowest BCUT2D eigenvalue weighted by molar-refractivity contribution is -0.137. The van der Waals surface area contributed by atoms with Crippen molar-refractivity contribution in [3.05, 3.63) is 52.4 Å². The highest BCUT2D eigenvalue weighted by molar-refractivity contribution is 9.10. The molecule has 2 rings (SSSR count). The predicted molar refractivity (Wildman–Crippen MR) is 89.8 cm³/mol. The number of nitrogens with one attached hydrogen (secondary N) is 2. The topological polar surface area (TPSA) is 71.3 Å². The van der Waals surface area contributed by atoms with Gasteiger partial charge < -0.3 is 15.1 Å². The smallest absolute Gasteiger partial charge is 0.418 e. The number of carbonyl (C=O) groups is 2. The number of hydrogen-bond donors (Lipinski definition) is 2. The van der Waals surface area contributed by atoms with Crippen molar-refractivity contribution in [3.8, 4) is 0 Å². The predicted octanol–water partition coefficient (Wildman–Crippen LogP) is 4.67. The van der Waals surface area contributed by atoms with Crippen LogP contribution in [0.25, 0.3) is 6.08 Å². The Morgan fingerprint density at radius 1 is 1.16 bits per heavy atom. The van der Waals surface area contributed by atoms with Crippen molar-refractivity contribution in [2.45, 2.75) is 13.1 Å². The fourth-order valence-electron chi connectivity index (χ4n) is 1.92. The molecule has 0 saturated heterocycles. The van der Waals surface area contributed by atoms with Gasteiger partial charge in [0.2, 0.25) is 11.8 Å². The van der Waals surface area contributed by atoms with Crippen LogP contribution in [-0.4, -0.2) is 11.8 Å². The summed E-state index contributed by atoms with van der Waals surface area (Å²) in [5.41, 5.74) is -1.51. The van der Waals surface area contributed by atoms with Gasteiger partial charge in [0, 0.05) is 18.7 Å². The maximum absolute atomic E-state index is 13.2. The monoisotopic (exact) mass is 416 g/mol. The number of carbonyl (C=O) groups excluding carboxylic acids is 2. The summed E-state index contributed by atoms with van der Waals surface area (Å²) in [6, 6.07) is 6.28. The molecule has 0 aliphatic carbocycles. The molecule has 0 unspecified atom stereocenters. The van der Waals surface area contributed by atoms with Gasteiger partial charge in [-0.2, -0.15) is 13.2 Å². The van der Waals surface area contributed by atoms with Crippen molar-refractivity contribution in [1.82, 2.24) is 0 Å². The maximum atomic E-state index is 13.2. The van der Waals surface area contributed by atoms with Crippen molar-refractivity contribution >= 4 is 45.2 Å². The molecule has 0 bridgehead atoms. The second kappa shape index (κ2) is 7.56. The van der Waals surface area contributed by atoms with E-state index in [4.69, 9.17) is 4.42 Å². The zero-order valence-electron chi connectivity index (χ0n) is 12.8. The highest BCUT2D eigenvalue weighted by Gasteiger charge is 2.34. The van der Waals surface area contributed by atoms with Gasteiger partial charge in [-0.15, -0.1) is 0 Å². The van der Waals surface area contributed by atoms with Gasteiger partial charge >= 0.3 is 6.18 Å². The molecule has 1 aromatic carbocycles. The second-order valence-electron chi connectivity index (χ2n) is 4.90. The van der Waals surface area contributed by atoms with E-state index >= 15 is 0 Å². The average molecular weight is 417 g/mol. The lowest BCUT2D eigenvalue weighted by atomic mass is 10.1. The van der Waals surface area contributed by atoms with E-state index in [2.05, 4.69) is 26.6 Å². The molecule has 2 N–H and O–H groups in total. The van der Waals surface area contributed by atoms with Gasteiger partial charge in [0.15, 0.2) is 4.67 Å². The molecule has 9 heteroatoms. The summed E-state index contributed by atoms with van der Waals surface area (Å²) in [5, 5.41) is 4.43. The Kier molecular flexibility index (Phi) is 5.68. The Labute approximate surface area is 149 Å². The van der Waals surface area contributed by atoms with Crippen LogP contribution in [0.2, 0.25) is 0 Å². The van der Waals surface area contributed by atoms with Crippen molar-refractivity contribution in [1.29, 1.82) is 0 Å². The number of halogens is 4. The minimum atomic E-state index is -4.70. The minimum absolute atomic E-state index is 0.0196. The lowest BCUT2D eigenvalue weighted by Gasteiger charge is -2.15. The normalized spacial score (nSPS) is 11.6. The number of alkyl halides is 3. The average Bonchev–Trinajstić information content (AvgIpc) is 2.91. The second-order valence-corrected chi connectivity index (χ2v) is 5.69. The van der Waals surface area contributed by atoms with E-state index in [0.29, 0.717) is 10.4 Å². The van der Waals surface area contributed by atoms with Crippen LogP contribution in [0.3, 0.4) is 0 Å². The third-order valence-corrected chi connectivity index (χ3v) is 3.32. The van der Waals surface area contributed by atoms with E-state index in [1.54, 1.807) is 12.1 Å². The fourth-order valence-corrected chi connectivity index (χ4v) is 2.24. The van der Waals surface area contributed by atoms with E-state index in [0.717, 1.165) is 18.2 Å². The molecular weight excluding hydrogens is 405 g/mol. The Hall–Kier alpha value is -2.55. The Morgan fingerprint density at radius 2 is 1.88 bits per heavy atom. The Morgan fingerprint density at radius 3 is 2.44 bits per heavy atom. The van der Waals surface area contributed by atoms with Gasteiger partial charge in [0.25, 0.3) is 0 Å². The van der Waals surface area contributed by atoms with Gasteiger partial charge in [-0.3, -0.25) is 9.59 Å². The summed E-state index contributed by atoms with van der Waals surface area (Å²) in [4.78, 5) is 22.8. The zero-order valence-corrected chi connectivity index (χ0v) is 14.4. The quantitative estimate of drug-likeness (QED) is 0.711. The summed E-state index contributed by atoms with van der Waals surface area (Å²) in [7, 11) is 0. The van der Waals surface area contributed by atoms with Crippen LogP contribution in [0.15, 0.2) is 45.5 Å². The summed E-state index contributed by atoms with van der Waals surface area (Å²) < 4.78 is 45.1. The van der Waals surface area contributed by atoms with Crippen LogP contribution in [0, 0.1) is 0 Å². The van der Waals surface area contributed by atoms with E-state index in [1.807, 2.05) is 0 Å². The van der Waals surface area contributed by atoms with Crippen molar-refractivity contribution < 1.29 is 27.2 Å². The molecule has 1 aromatic heterocycles. The van der Waals surface area contributed by atoms with Crippen molar-refractivity contribution in [3.63, 3.8) is 0 Å². The van der Waals surface area contributed by atoms with E-state index in [9.17, 15) is 22.8 Å². The van der Waals surface area contributed by atoms with Gasteiger partial charge in [-0.1, -0.05) is 0 Å². The Balaban J connectivity index is 2.21. The van der Waals surface area contributed by atoms with Crippen LogP contribution in [-0.2, 0) is 15.8 Å². The highest BCUT2D eigenvalue weighted by atomic mass is 79.9. The van der Waals surface area contributed by atoms with Crippen molar-refractivity contribution in [2.75, 3.05) is 10.6 Å². The molecule has 0 radical (unpaired) electrons. The van der Waals surface area contributed by atoms with E-state index in [1.165, 1.54) is 19.1 Å². The number of hydrogen-bond acceptors (Lipinski definition) is 3. The molecule has 2 aromatic rings. The van der Waals surface area contributed by atoms with Crippen LogP contribution in [0.4, 0.5) is 24.5 Å². The number of benzene rings is 1. The fraction of sp³-hybridized carbons (Fsp3) is 0.125. The molecule has 0 fully saturated rings. The molecule has 25 heavy (non-hydrogen) atoms. The molecule has 1 heterocycles. The zero-order chi connectivity index (χ0) is 18.6. The number of anilines is 2. The largest absolute Gasteiger partial charge is 0.450 e. The van der Waals surface area contributed by atoms with Gasteiger partial charge in [-0.25, -0.2) is 0 Å². The van der Waals surface area contributed by atoms with Crippen LogP contribution >= 0.6 is 15.9 Å². The number of rotatable bonds is 4. The maximum Gasteiger partial charge on any atom is 0.418 e. The molecule has 0 spiro atoms. The van der Waals surface area contributed by atoms with Crippen LogP contribution in [0.5, 0.6) is 0 Å². The van der Waals surface area contributed by atoms with Gasteiger partial charge in [0.05, 0.1) is 11.3 Å². The Bertz CT molecular complexity index is 828. The van der Waals surface area contributed by atoms with Gasteiger partial charge in [0.1, 0.15) is 5.76 Å². The summed E-state index contributed by atoms with van der Waals surface area (Å²) in [6.45, 7) is 1.18. The molecule has 0 aliphatic heterocycles. The van der Waals surface area contributed by atoms with Crippen molar-refractivity contribution in [2.24, 2.45) is 0 Å². The van der Waals surface area contributed by atoms with Gasteiger partial charge in [-0.05, 0) is 52.3 Å². The minimum Gasteiger partial charge on any atom is -0.450 e. The third kappa shape index (κ3) is 5.49. The molecule has 0 atom stereocenters. The lowest BCUT2D eigenvalue weighted by Crippen LogP contribution is -2.16. The van der Waals surface area contributed by atoms with Crippen LogP contribution in [0.1, 0.15) is 18.2 Å². The van der Waals surface area contributed by atoms with E-state index < -0.39 is 29.2 Å².